The third kappa shape index (κ3) is 4.22. The first-order chi connectivity index (χ1) is 2.77. The molecule has 0 unspecified atom stereocenters. The Morgan fingerprint density at radius 2 is 2.17 bits per heavy atom. The SMILES string of the molecule is C#CCN(S)S. The molecule has 3 heteroatoms. The van der Waals surface area contributed by atoms with E-state index in [4.69, 9.17) is 6.42 Å². The van der Waals surface area contributed by atoms with E-state index in [1.165, 1.54) is 3.71 Å². The summed E-state index contributed by atoms with van der Waals surface area (Å²) < 4.78 is 1.33. The predicted molar refractivity (Wildman–Crippen MR) is 33.5 cm³/mol. The van der Waals surface area contributed by atoms with Crippen LogP contribution >= 0.6 is 25.6 Å². The van der Waals surface area contributed by atoms with Crippen molar-refractivity contribution in [2.75, 3.05) is 6.54 Å². The third-order valence-corrected chi connectivity index (χ3v) is 0.516. The van der Waals surface area contributed by atoms with Crippen LogP contribution in [0.15, 0.2) is 0 Å². The standard InChI is InChI=1S/C3H5NS2/c1-2-3-4(5)6/h1,5-6H,3H2. The highest BCUT2D eigenvalue weighted by molar-refractivity contribution is 7.93. The van der Waals surface area contributed by atoms with Crippen LogP contribution in [0.5, 0.6) is 0 Å². The molecule has 0 amide bonds. The van der Waals surface area contributed by atoms with Crippen LogP contribution in [-0.4, -0.2) is 10.3 Å². The van der Waals surface area contributed by atoms with Gasteiger partial charge in [0.2, 0.25) is 0 Å². The summed E-state index contributed by atoms with van der Waals surface area (Å²) in [5, 5.41) is 0. The van der Waals surface area contributed by atoms with E-state index in [2.05, 4.69) is 31.6 Å². The average molecular weight is 119 g/mol. The average Bonchev–Trinajstić information content (AvgIpc) is 1.35. The second-order valence-corrected chi connectivity index (χ2v) is 2.02. The van der Waals surface area contributed by atoms with Crippen molar-refractivity contribution in [3.8, 4) is 12.3 Å². The molecule has 1 nitrogen and oxygen atoms in total. The predicted octanol–water partition coefficient (Wildman–Crippen LogP) is 0.611. The minimum absolute atomic E-state index is 0.465. The van der Waals surface area contributed by atoms with Gasteiger partial charge in [0.05, 0.1) is 6.54 Å². The van der Waals surface area contributed by atoms with Gasteiger partial charge in [-0.05, 0) is 0 Å². The first-order valence-electron chi connectivity index (χ1n) is 1.36. The van der Waals surface area contributed by atoms with Crippen molar-refractivity contribution >= 4 is 25.6 Å². The Morgan fingerprint density at radius 1 is 1.67 bits per heavy atom. The molecule has 0 rings (SSSR count). The lowest BCUT2D eigenvalue weighted by atomic mass is 10.7. The Hall–Kier alpha value is 0.220. The molecule has 6 heavy (non-hydrogen) atoms. The largest absolute Gasteiger partial charge is 0.188 e. The summed E-state index contributed by atoms with van der Waals surface area (Å²) in [6, 6.07) is 0. The normalized spacial score (nSPS) is 8.33. The summed E-state index contributed by atoms with van der Waals surface area (Å²) >= 11 is 7.47. The molecule has 0 atom stereocenters. The van der Waals surface area contributed by atoms with Crippen LogP contribution < -0.4 is 0 Å². The van der Waals surface area contributed by atoms with Crippen LogP contribution in [0.1, 0.15) is 0 Å². The number of nitrogens with zero attached hydrogens (tertiary/aromatic N) is 1. The molecule has 0 aromatic heterocycles. The van der Waals surface area contributed by atoms with Gasteiger partial charge in [-0.1, -0.05) is 31.6 Å². The first kappa shape index (κ1) is 6.22. The van der Waals surface area contributed by atoms with Crippen molar-refractivity contribution in [1.82, 2.24) is 3.71 Å². The molecule has 0 bridgehead atoms. The van der Waals surface area contributed by atoms with Gasteiger partial charge in [-0.25, -0.2) is 0 Å². The molecule has 0 aromatic rings. The molecule has 0 N–H and O–H groups in total. The van der Waals surface area contributed by atoms with Crippen molar-refractivity contribution in [3.63, 3.8) is 0 Å². The Balaban J connectivity index is 2.88. The number of terminal acetylenes is 1. The van der Waals surface area contributed by atoms with Gasteiger partial charge in [0, 0.05) is 0 Å². The smallest absolute Gasteiger partial charge is 0.0806 e. The van der Waals surface area contributed by atoms with E-state index in [-0.39, 0.29) is 0 Å². The highest BCUT2D eigenvalue weighted by atomic mass is 32.2. The highest BCUT2D eigenvalue weighted by Gasteiger charge is 1.78. The Labute approximate surface area is 48.8 Å². The fraction of sp³-hybridized carbons (Fsp3) is 0.333. The summed E-state index contributed by atoms with van der Waals surface area (Å²) in [6.45, 7) is 0.465. The lowest BCUT2D eigenvalue weighted by Crippen LogP contribution is -1.94. The van der Waals surface area contributed by atoms with Crippen molar-refractivity contribution in [3.05, 3.63) is 0 Å². The van der Waals surface area contributed by atoms with Crippen molar-refractivity contribution in [2.45, 2.75) is 0 Å². The first-order valence-corrected chi connectivity index (χ1v) is 2.16. The van der Waals surface area contributed by atoms with Crippen LogP contribution in [0.2, 0.25) is 0 Å². The fourth-order valence-corrected chi connectivity index (χ4v) is 0.245. The highest BCUT2D eigenvalue weighted by Crippen LogP contribution is 1.91. The zero-order chi connectivity index (χ0) is 4.99. The third-order valence-electron chi connectivity index (χ3n) is 0.233. The minimum Gasteiger partial charge on any atom is -0.188 e. The molecule has 0 radical (unpaired) electrons. The van der Waals surface area contributed by atoms with Gasteiger partial charge in [-0.15, -0.1) is 6.42 Å². The van der Waals surface area contributed by atoms with E-state index in [0.29, 0.717) is 6.54 Å². The quantitative estimate of drug-likeness (QED) is 0.378. The van der Waals surface area contributed by atoms with E-state index in [1.807, 2.05) is 0 Å². The Bertz CT molecular complexity index is 63.7. The molecular weight excluding hydrogens is 114 g/mol. The van der Waals surface area contributed by atoms with Crippen LogP contribution in [0.4, 0.5) is 0 Å². The van der Waals surface area contributed by atoms with E-state index >= 15 is 0 Å². The summed E-state index contributed by atoms with van der Waals surface area (Å²) in [6.07, 6.45) is 4.84. The summed E-state index contributed by atoms with van der Waals surface area (Å²) in [5.74, 6) is 2.34. The Kier molecular flexibility index (Phi) is 3.54. The topological polar surface area (TPSA) is 3.24 Å². The second-order valence-electron chi connectivity index (χ2n) is 0.735. The van der Waals surface area contributed by atoms with Crippen LogP contribution in [-0.2, 0) is 0 Å². The van der Waals surface area contributed by atoms with E-state index in [1.54, 1.807) is 0 Å². The zero-order valence-electron chi connectivity index (χ0n) is 3.13. The lowest BCUT2D eigenvalue weighted by molar-refractivity contribution is 0.885. The molecule has 0 fully saturated rings. The Morgan fingerprint density at radius 3 is 2.17 bits per heavy atom. The van der Waals surface area contributed by atoms with Gasteiger partial charge < -0.3 is 0 Å². The maximum atomic E-state index is 4.84. The van der Waals surface area contributed by atoms with Crippen LogP contribution in [0, 0.1) is 12.3 Å². The lowest BCUT2D eigenvalue weighted by Gasteiger charge is -1.95. The molecule has 0 saturated heterocycles. The molecule has 0 aliphatic heterocycles. The number of hydrogen-bond acceptors (Lipinski definition) is 3. The molecule has 0 aliphatic carbocycles. The van der Waals surface area contributed by atoms with Crippen molar-refractivity contribution < 1.29 is 0 Å². The molecule has 0 aromatic carbocycles. The van der Waals surface area contributed by atoms with E-state index < -0.39 is 0 Å². The molecule has 34 valence electrons. The maximum Gasteiger partial charge on any atom is 0.0806 e. The summed E-state index contributed by atoms with van der Waals surface area (Å²) in [5.41, 5.74) is 0. The van der Waals surface area contributed by atoms with Gasteiger partial charge in [0.25, 0.3) is 0 Å². The monoisotopic (exact) mass is 119 g/mol. The summed E-state index contributed by atoms with van der Waals surface area (Å²) in [4.78, 5) is 0. The van der Waals surface area contributed by atoms with Gasteiger partial charge in [-0.3, -0.25) is 0 Å². The number of hydrogen-bond donors (Lipinski definition) is 2. The van der Waals surface area contributed by atoms with Crippen LogP contribution in [0.3, 0.4) is 0 Å². The zero-order valence-corrected chi connectivity index (χ0v) is 4.91. The molecule has 0 saturated carbocycles. The van der Waals surface area contributed by atoms with E-state index in [9.17, 15) is 0 Å². The molecular formula is C3H5NS2. The van der Waals surface area contributed by atoms with Gasteiger partial charge in [0.1, 0.15) is 0 Å². The molecule has 0 spiro atoms. The van der Waals surface area contributed by atoms with Crippen molar-refractivity contribution in [1.29, 1.82) is 0 Å². The molecule has 0 aliphatic rings. The van der Waals surface area contributed by atoms with Crippen molar-refractivity contribution in [2.24, 2.45) is 0 Å². The van der Waals surface area contributed by atoms with Gasteiger partial charge >= 0.3 is 0 Å². The number of thiol groups is 2. The fourth-order valence-electron chi connectivity index (χ4n) is 0.0816. The second kappa shape index (κ2) is 3.41. The minimum atomic E-state index is 0.465. The van der Waals surface area contributed by atoms with Gasteiger partial charge in [-0.2, -0.15) is 3.71 Å². The summed E-state index contributed by atoms with van der Waals surface area (Å²) in [7, 11) is 0. The van der Waals surface area contributed by atoms with E-state index in [0.717, 1.165) is 0 Å². The van der Waals surface area contributed by atoms with Crippen LogP contribution in [0.25, 0.3) is 0 Å². The molecule has 0 heterocycles. The maximum absolute atomic E-state index is 4.84. The number of rotatable bonds is 1. The van der Waals surface area contributed by atoms with Gasteiger partial charge in [0.15, 0.2) is 0 Å².